The van der Waals surface area contributed by atoms with Crippen LogP contribution in [0.15, 0.2) is 12.4 Å². The van der Waals surface area contributed by atoms with Crippen LogP contribution in [-0.4, -0.2) is 15.3 Å². The van der Waals surface area contributed by atoms with E-state index in [1.165, 1.54) is 0 Å². The average molecular weight is 170 g/mol. The number of hydrogen-bond donors (Lipinski definition) is 1. The lowest BCUT2D eigenvalue weighted by Gasteiger charge is -1.97. The van der Waals surface area contributed by atoms with E-state index in [-0.39, 0.29) is 5.78 Å². The van der Waals surface area contributed by atoms with Crippen LogP contribution in [0.25, 0.3) is 0 Å². The van der Waals surface area contributed by atoms with Gasteiger partial charge in [-0.2, -0.15) is 0 Å². The number of H-pyrrole nitrogens is 1. The van der Waals surface area contributed by atoms with Crippen LogP contribution in [0, 0.1) is 4.77 Å². The molecule has 0 saturated carbocycles. The Balaban J connectivity index is 2.72. The van der Waals surface area contributed by atoms with E-state index in [0.717, 1.165) is 0 Å². The highest BCUT2D eigenvalue weighted by molar-refractivity contribution is 7.71. The fraction of sp³-hybridized carbons (Fsp3) is 0.429. The van der Waals surface area contributed by atoms with Crippen molar-refractivity contribution in [1.82, 2.24) is 9.55 Å². The topological polar surface area (TPSA) is 37.8 Å². The molecule has 0 aromatic carbocycles. The Kier molecular flexibility index (Phi) is 2.59. The first kappa shape index (κ1) is 8.20. The van der Waals surface area contributed by atoms with E-state index in [2.05, 4.69) is 4.98 Å². The lowest BCUT2D eigenvalue weighted by atomic mass is 10.3. The molecule has 0 spiro atoms. The summed E-state index contributed by atoms with van der Waals surface area (Å²) in [4.78, 5) is 13.8. The summed E-state index contributed by atoms with van der Waals surface area (Å²) in [5, 5.41) is 0. The second-order valence-corrected chi connectivity index (χ2v) is 2.67. The van der Waals surface area contributed by atoms with Gasteiger partial charge in [0.1, 0.15) is 0 Å². The molecule has 1 N–H and O–H groups in total. The second kappa shape index (κ2) is 3.48. The van der Waals surface area contributed by atoms with Crippen molar-refractivity contribution in [3.05, 3.63) is 17.2 Å². The van der Waals surface area contributed by atoms with Gasteiger partial charge in [-0.15, -0.1) is 0 Å². The second-order valence-electron chi connectivity index (χ2n) is 2.29. The van der Waals surface area contributed by atoms with Gasteiger partial charge in [0.15, 0.2) is 10.6 Å². The van der Waals surface area contributed by atoms with Gasteiger partial charge in [-0.1, -0.05) is 6.92 Å². The minimum absolute atomic E-state index is 0.195. The highest BCUT2D eigenvalue weighted by Gasteiger charge is 1.99. The number of aromatic amines is 1. The van der Waals surface area contributed by atoms with Crippen LogP contribution in [0.4, 0.5) is 0 Å². The number of nitrogens with one attached hydrogen (secondary N) is 1. The summed E-state index contributed by atoms with van der Waals surface area (Å²) < 4.78 is 2.33. The van der Waals surface area contributed by atoms with E-state index in [4.69, 9.17) is 12.2 Å². The average Bonchev–Trinajstić information content (AvgIpc) is 2.37. The van der Waals surface area contributed by atoms with Gasteiger partial charge in [0, 0.05) is 18.8 Å². The van der Waals surface area contributed by atoms with Crippen molar-refractivity contribution in [3.63, 3.8) is 0 Å². The SMILES string of the molecule is CCC(=O)Cn1cc[nH]c1=S. The predicted molar refractivity (Wildman–Crippen MR) is 44.9 cm³/mol. The minimum atomic E-state index is 0.195. The molecule has 0 aliphatic carbocycles. The first-order valence-electron chi connectivity index (χ1n) is 3.49. The Morgan fingerprint density at radius 2 is 2.55 bits per heavy atom. The number of hydrogen-bond acceptors (Lipinski definition) is 2. The maximum Gasteiger partial charge on any atom is 0.177 e. The Morgan fingerprint density at radius 3 is 3.00 bits per heavy atom. The summed E-state index contributed by atoms with van der Waals surface area (Å²) in [6.45, 7) is 2.23. The lowest BCUT2D eigenvalue weighted by Crippen LogP contribution is -2.07. The van der Waals surface area contributed by atoms with Gasteiger partial charge in [-0.3, -0.25) is 4.79 Å². The highest BCUT2D eigenvalue weighted by atomic mass is 32.1. The molecular weight excluding hydrogens is 160 g/mol. The molecule has 1 rings (SSSR count). The number of aromatic nitrogens is 2. The predicted octanol–water partition coefficient (Wildman–Crippen LogP) is 1.52. The van der Waals surface area contributed by atoms with Gasteiger partial charge in [0.2, 0.25) is 0 Å². The largest absolute Gasteiger partial charge is 0.337 e. The molecule has 0 fully saturated rings. The van der Waals surface area contributed by atoms with Crippen molar-refractivity contribution in [3.8, 4) is 0 Å². The molecule has 0 bridgehead atoms. The first-order chi connectivity index (χ1) is 5.24. The Labute approximate surface area is 70.1 Å². The molecule has 0 radical (unpaired) electrons. The van der Waals surface area contributed by atoms with Gasteiger partial charge in [0.25, 0.3) is 0 Å². The van der Waals surface area contributed by atoms with Crippen molar-refractivity contribution in [1.29, 1.82) is 0 Å². The summed E-state index contributed by atoms with van der Waals surface area (Å²) >= 11 is 4.91. The summed E-state index contributed by atoms with van der Waals surface area (Å²) in [7, 11) is 0. The Hall–Kier alpha value is -0.900. The molecule has 1 aromatic heterocycles. The molecule has 3 nitrogen and oxygen atoms in total. The number of carbonyl (C=O) groups is 1. The zero-order chi connectivity index (χ0) is 8.27. The van der Waals surface area contributed by atoms with E-state index in [0.29, 0.717) is 17.7 Å². The maximum absolute atomic E-state index is 11.0. The van der Waals surface area contributed by atoms with Crippen LogP contribution < -0.4 is 0 Å². The molecule has 1 aromatic rings. The molecular formula is C7H10N2OS. The van der Waals surface area contributed by atoms with Crippen LogP contribution in [-0.2, 0) is 11.3 Å². The molecule has 0 unspecified atom stereocenters. The molecule has 1 heterocycles. The number of imidazole rings is 1. The van der Waals surface area contributed by atoms with Crippen LogP contribution in [0.3, 0.4) is 0 Å². The zero-order valence-electron chi connectivity index (χ0n) is 6.33. The molecule has 4 heteroatoms. The van der Waals surface area contributed by atoms with Crippen LogP contribution >= 0.6 is 12.2 Å². The molecule has 0 amide bonds. The number of rotatable bonds is 3. The lowest BCUT2D eigenvalue weighted by molar-refractivity contribution is -0.119. The van der Waals surface area contributed by atoms with Gasteiger partial charge < -0.3 is 9.55 Å². The number of ketones is 1. The maximum atomic E-state index is 11.0. The van der Waals surface area contributed by atoms with E-state index in [1.807, 2.05) is 6.92 Å². The third-order valence-corrected chi connectivity index (χ3v) is 1.82. The summed E-state index contributed by atoms with van der Waals surface area (Å²) in [6, 6.07) is 0. The Bertz CT molecular complexity index is 299. The third kappa shape index (κ3) is 2.01. The van der Waals surface area contributed by atoms with Crippen molar-refractivity contribution < 1.29 is 4.79 Å². The van der Waals surface area contributed by atoms with Crippen molar-refractivity contribution in [2.75, 3.05) is 0 Å². The van der Waals surface area contributed by atoms with Crippen LogP contribution in [0.2, 0.25) is 0 Å². The smallest absolute Gasteiger partial charge is 0.177 e. The Morgan fingerprint density at radius 1 is 1.82 bits per heavy atom. The molecule has 11 heavy (non-hydrogen) atoms. The normalized spacial score (nSPS) is 9.91. The van der Waals surface area contributed by atoms with Crippen LogP contribution in [0.1, 0.15) is 13.3 Å². The zero-order valence-corrected chi connectivity index (χ0v) is 7.15. The van der Waals surface area contributed by atoms with E-state index >= 15 is 0 Å². The van der Waals surface area contributed by atoms with Crippen molar-refractivity contribution in [2.24, 2.45) is 0 Å². The number of nitrogens with zero attached hydrogens (tertiary/aromatic N) is 1. The van der Waals surface area contributed by atoms with Crippen molar-refractivity contribution >= 4 is 18.0 Å². The number of Topliss-reactive ketones (excluding diaryl/α,β-unsaturated/α-hetero) is 1. The molecule has 0 atom stereocenters. The van der Waals surface area contributed by atoms with E-state index in [1.54, 1.807) is 17.0 Å². The van der Waals surface area contributed by atoms with E-state index in [9.17, 15) is 4.79 Å². The first-order valence-corrected chi connectivity index (χ1v) is 3.90. The summed E-state index contributed by atoms with van der Waals surface area (Å²) in [6.07, 6.45) is 4.06. The van der Waals surface area contributed by atoms with Gasteiger partial charge in [-0.05, 0) is 12.2 Å². The third-order valence-electron chi connectivity index (χ3n) is 1.46. The fourth-order valence-electron chi connectivity index (χ4n) is 0.775. The fourth-order valence-corrected chi connectivity index (χ4v) is 0.969. The summed E-state index contributed by atoms with van der Waals surface area (Å²) in [5.74, 6) is 0.195. The van der Waals surface area contributed by atoms with Gasteiger partial charge >= 0.3 is 0 Å². The standard InChI is InChI=1S/C7H10N2OS/c1-2-6(10)5-9-4-3-8-7(9)11/h3-4H,2,5H2,1H3,(H,8,11). The number of carbonyl (C=O) groups excluding carboxylic acids is 1. The molecule has 0 aliphatic heterocycles. The minimum Gasteiger partial charge on any atom is -0.337 e. The quantitative estimate of drug-likeness (QED) is 0.698. The van der Waals surface area contributed by atoms with Gasteiger partial charge in [-0.25, -0.2) is 0 Å². The van der Waals surface area contributed by atoms with Crippen molar-refractivity contribution in [2.45, 2.75) is 19.9 Å². The van der Waals surface area contributed by atoms with Gasteiger partial charge in [0.05, 0.1) is 6.54 Å². The highest BCUT2D eigenvalue weighted by Crippen LogP contribution is 1.92. The molecule has 0 saturated heterocycles. The summed E-state index contributed by atoms with van der Waals surface area (Å²) in [5.41, 5.74) is 0. The van der Waals surface area contributed by atoms with E-state index < -0.39 is 0 Å². The molecule has 0 aliphatic rings. The molecule has 60 valence electrons. The van der Waals surface area contributed by atoms with Crippen LogP contribution in [0.5, 0.6) is 0 Å². The monoisotopic (exact) mass is 170 g/mol.